The molecule has 2 aromatic heterocycles. The molecule has 3 nitrogen and oxygen atoms in total. The lowest BCUT2D eigenvalue weighted by atomic mass is 10.0. The van der Waals surface area contributed by atoms with Gasteiger partial charge in [-0.3, -0.25) is 9.69 Å². The summed E-state index contributed by atoms with van der Waals surface area (Å²) in [5.74, 6) is 0.631. The van der Waals surface area contributed by atoms with E-state index in [1.54, 1.807) is 23.1 Å². The van der Waals surface area contributed by atoms with E-state index in [1.165, 1.54) is 28.2 Å². The Labute approximate surface area is 233 Å². The third kappa shape index (κ3) is 5.72. The number of hydrogen-bond acceptors (Lipinski definition) is 4. The molecule has 0 saturated heterocycles. The van der Waals surface area contributed by atoms with Crippen LogP contribution in [0.5, 0.6) is 5.75 Å². The SMILES string of the molecule is CC(C)c1ccc(N(C(=O)c2cc(Br)c(Br)s2)C(Oc2ccc(Cl)cc2Cl)c2cccs2)cc1. The van der Waals surface area contributed by atoms with Gasteiger partial charge in [0.15, 0.2) is 0 Å². The molecule has 4 rings (SSSR count). The number of carbonyl (C=O) groups is 1. The Bertz CT molecular complexity index is 1270. The first-order chi connectivity index (χ1) is 16.2. The van der Waals surface area contributed by atoms with Crippen molar-refractivity contribution in [1.29, 1.82) is 0 Å². The van der Waals surface area contributed by atoms with Crippen LogP contribution >= 0.6 is 77.7 Å². The molecule has 2 aromatic carbocycles. The van der Waals surface area contributed by atoms with Crippen molar-refractivity contribution in [3.63, 3.8) is 0 Å². The minimum Gasteiger partial charge on any atom is -0.463 e. The molecule has 0 aliphatic carbocycles. The minimum absolute atomic E-state index is 0.183. The molecular formula is C25H19Br2Cl2NO2S2. The molecule has 0 bridgehead atoms. The van der Waals surface area contributed by atoms with E-state index in [4.69, 9.17) is 27.9 Å². The number of anilines is 1. The van der Waals surface area contributed by atoms with Crippen molar-refractivity contribution in [2.45, 2.75) is 26.0 Å². The number of ether oxygens (including phenoxy) is 1. The number of benzene rings is 2. The van der Waals surface area contributed by atoms with E-state index >= 15 is 0 Å². The first-order valence-corrected chi connectivity index (χ1v) is 14.3. The topological polar surface area (TPSA) is 29.5 Å². The number of rotatable bonds is 7. The van der Waals surface area contributed by atoms with Crippen molar-refractivity contribution in [2.75, 3.05) is 4.90 Å². The predicted octanol–water partition coefficient (Wildman–Crippen LogP) is 10.2. The van der Waals surface area contributed by atoms with Crippen LogP contribution in [0.15, 0.2) is 74.3 Å². The van der Waals surface area contributed by atoms with Crippen LogP contribution < -0.4 is 9.64 Å². The number of hydrogen-bond donors (Lipinski definition) is 0. The van der Waals surface area contributed by atoms with Crippen LogP contribution in [0.25, 0.3) is 0 Å². The zero-order chi connectivity index (χ0) is 24.4. The van der Waals surface area contributed by atoms with Gasteiger partial charge in [-0.2, -0.15) is 0 Å². The van der Waals surface area contributed by atoms with Crippen molar-refractivity contribution < 1.29 is 9.53 Å². The molecule has 4 aromatic rings. The molecular weight excluding hydrogens is 641 g/mol. The van der Waals surface area contributed by atoms with E-state index in [9.17, 15) is 4.79 Å². The molecule has 0 radical (unpaired) electrons. The third-order valence-electron chi connectivity index (χ3n) is 5.07. The maximum absolute atomic E-state index is 14.0. The van der Waals surface area contributed by atoms with Gasteiger partial charge in [-0.05, 0) is 91.2 Å². The van der Waals surface area contributed by atoms with Gasteiger partial charge in [-0.1, -0.05) is 55.2 Å². The fraction of sp³-hybridized carbons (Fsp3) is 0.160. The lowest BCUT2D eigenvalue weighted by molar-refractivity contribution is 0.0918. The molecule has 0 N–H and O–H groups in total. The summed E-state index contributed by atoms with van der Waals surface area (Å²) in [6.45, 7) is 4.28. The third-order valence-corrected chi connectivity index (χ3v) is 9.74. The van der Waals surface area contributed by atoms with E-state index in [-0.39, 0.29) is 5.91 Å². The van der Waals surface area contributed by atoms with E-state index in [0.29, 0.717) is 26.6 Å². The van der Waals surface area contributed by atoms with Gasteiger partial charge < -0.3 is 4.74 Å². The highest BCUT2D eigenvalue weighted by atomic mass is 79.9. The van der Waals surface area contributed by atoms with Gasteiger partial charge in [0.1, 0.15) is 5.75 Å². The largest absolute Gasteiger partial charge is 0.463 e. The maximum atomic E-state index is 14.0. The van der Waals surface area contributed by atoms with Crippen molar-refractivity contribution in [1.82, 2.24) is 0 Å². The Morgan fingerprint density at radius 1 is 1.03 bits per heavy atom. The number of nitrogens with zero attached hydrogens (tertiary/aromatic N) is 1. The van der Waals surface area contributed by atoms with Crippen LogP contribution in [0.2, 0.25) is 10.0 Å². The number of halogens is 4. The highest BCUT2D eigenvalue weighted by molar-refractivity contribution is 9.13. The van der Waals surface area contributed by atoms with E-state index < -0.39 is 6.23 Å². The first-order valence-electron chi connectivity index (χ1n) is 10.3. The second-order valence-corrected chi connectivity index (χ2v) is 12.8. The van der Waals surface area contributed by atoms with Crippen LogP contribution in [-0.2, 0) is 0 Å². The average Bonchev–Trinajstić information content (AvgIpc) is 3.45. The lowest BCUT2D eigenvalue weighted by Crippen LogP contribution is -2.37. The summed E-state index contributed by atoms with van der Waals surface area (Å²) in [5, 5.41) is 2.84. The highest BCUT2D eigenvalue weighted by Gasteiger charge is 2.32. The van der Waals surface area contributed by atoms with Gasteiger partial charge in [0.05, 0.1) is 18.6 Å². The monoisotopic (exact) mass is 657 g/mol. The summed E-state index contributed by atoms with van der Waals surface area (Å²) < 4.78 is 8.10. The summed E-state index contributed by atoms with van der Waals surface area (Å²) >= 11 is 22.4. The second-order valence-electron chi connectivity index (χ2n) is 7.71. The van der Waals surface area contributed by atoms with Gasteiger partial charge in [0.25, 0.3) is 5.91 Å². The fourth-order valence-corrected chi connectivity index (χ4v) is 6.48. The molecule has 2 heterocycles. The predicted molar refractivity (Wildman–Crippen MR) is 151 cm³/mol. The molecule has 0 aliphatic rings. The summed E-state index contributed by atoms with van der Waals surface area (Å²) in [6, 6.07) is 18.7. The van der Waals surface area contributed by atoms with Gasteiger partial charge >= 0.3 is 0 Å². The second kappa shape index (κ2) is 11.1. The molecule has 9 heteroatoms. The molecule has 1 unspecified atom stereocenters. The van der Waals surface area contributed by atoms with Crippen LogP contribution in [0.4, 0.5) is 5.69 Å². The lowest BCUT2D eigenvalue weighted by Gasteiger charge is -2.31. The zero-order valence-electron chi connectivity index (χ0n) is 18.1. The summed E-state index contributed by atoms with van der Waals surface area (Å²) in [5.41, 5.74) is 1.91. The molecule has 34 heavy (non-hydrogen) atoms. The summed E-state index contributed by atoms with van der Waals surface area (Å²) in [6.07, 6.45) is -0.740. The van der Waals surface area contributed by atoms with E-state index in [1.807, 2.05) is 47.8 Å². The van der Waals surface area contributed by atoms with Gasteiger partial charge in [0, 0.05) is 15.2 Å². The smallest absolute Gasteiger partial charge is 0.271 e. The van der Waals surface area contributed by atoms with Gasteiger partial charge in [0.2, 0.25) is 6.23 Å². The van der Waals surface area contributed by atoms with Crippen LogP contribution in [0.1, 0.15) is 46.1 Å². The Morgan fingerprint density at radius 3 is 2.32 bits per heavy atom. The van der Waals surface area contributed by atoms with Gasteiger partial charge in [-0.25, -0.2) is 0 Å². The molecule has 0 saturated carbocycles. The standard InChI is InChI=1S/C25H19Br2Cl2NO2S2/c1-14(2)15-5-8-17(9-6-15)30(24(31)22-13-18(26)23(27)34-22)25(21-4-3-11-33-21)32-20-10-7-16(28)12-19(20)29/h3-14,25H,1-2H3. The molecule has 1 amide bonds. The fourth-order valence-electron chi connectivity index (χ4n) is 3.31. The first kappa shape index (κ1) is 25.7. The number of thiophene rings is 2. The molecule has 1 atom stereocenters. The maximum Gasteiger partial charge on any atom is 0.271 e. The van der Waals surface area contributed by atoms with Crippen LogP contribution in [-0.4, -0.2) is 5.91 Å². The van der Waals surface area contributed by atoms with Crippen LogP contribution in [0.3, 0.4) is 0 Å². The zero-order valence-corrected chi connectivity index (χ0v) is 24.4. The Hall–Kier alpha value is -1.35. The molecule has 176 valence electrons. The number of amides is 1. The Kier molecular flexibility index (Phi) is 8.44. The normalized spacial score (nSPS) is 12.1. The van der Waals surface area contributed by atoms with Crippen molar-refractivity contribution >= 4 is 89.3 Å². The quantitative estimate of drug-likeness (QED) is 0.185. The van der Waals surface area contributed by atoms with Crippen LogP contribution in [0, 0.1) is 0 Å². The number of carbonyl (C=O) groups excluding carboxylic acids is 1. The van der Waals surface area contributed by atoms with Crippen molar-refractivity contribution in [3.8, 4) is 5.75 Å². The Balaban J connectivity index is 1.84. The van der Waals surface area contributed by atoms with Crippen molar-refractivity contribution in [3.05, 3.63) is 99.7 Å². The van der Waals surface area contributed by atoms with E-state index in [2.05, 4.69) is 45.7 Å². The Morgan fingerprint density at radius 2 is 1.76 bits per heavy atom. The molecule has 0 spiro atoms. The summed E-state index contributed by atoms with van der Waals surface area (Å²) in [7, 11) is 0. The molecule has 0 fully saturated rings. The highest BCUT2D eigenvalue weighted by Crippen LogP contribution is 2.39. The average molecular weight is 660 g/mol. The molecule has 0 aliphatic heterocycles. The van der Waals surface area contributed by atoms with E-state index in [0.717, 1.165) is 18.8 Å². The summed E-state index contributed by atoms with van der Waals surface area (Å²) in [4.78, 5) is 17.1. The van der Waals surface area contributed by atoms with Gasteiger partial charge in [-0.15, -0.1) is 22.7 Å². The van der Waals surface area contributed by atoms with Crippen molar-refractivity contribution in [2.24, 2.45) is 0 Å². The minimum atomic E-state index is -0.740.